The van der Waals surface area contributed by atoms with Crippen molar-refractivity contribution in [1.82, 2.24) is 29.7 Å². The zero-order valence-corrected chi connectivity index (χ0v) is 17.9. The molecule has 1 amide bonds. The highest BCUT2D eigenvalue weighted by Crippen LogP contribution is 2.30. The maximum Gasteiger partial charge on any atom is 0.263 e. The predicted molar refractivity (Wildman–Crippen MR) is 116 cm³/mol. The quantitative estimate of drug-likeness (QED) is 0.636. The lowest BCUT2D eigenvalue weighted by Crippen LogP contribution is -2.27. The lowest BCUT2D eigenvalue weighted by Gasteiger charge is -2.19. The normalized spacial score (nSPS) is 20.3. The molecule has 2 N–H and O–H groups in total. The van der Waals surface area contributed by atoms with Crippen LogP contribution in [0.2, 0.25) is 0 Å². The third-order valence-corrected chi connectivity index (χ3v) is 5.91. The first kappa shape index (κ1) is 19.7. The van der Waals surface area contributed by atoms with Crippen molar-refractivity contribution in [2.45, 2.75) is 20.8 Å². The molecular weight excluding hydrogens is 396 g/mol. The van der Waals surface area contributed by atoms with Crippen molar-refractivity contribution < 1.29 is 9.53 Å². The summed E-state index contributed by atoms with van der Waals surface area (Å²) in [7, 11) is 0. The smallest absolute Gasteiger partial charge is 0.263 e. The van der Waals surface area contributed by atoms with Crippen molar-refractivity contribution >= 4 is 23.3 Å². The third-order valence-electron chi connectivity index (χ3n) is 5.91. The zero-order chi connectivity index (χ0) is 21.5. The van der Waals surface area contributed by atoms with Crippen molar-refractivity contribution in [3.8, 4) is 5.88 Å². The van der Waals surface area contributed by atoms with Gasteiger partial charge in [0.1, 0.15) is 11.4 Å². The second kappa shape index (κ2) is 7.77. The number of nitrogens with zero attached hydrogens (tertiary/aromatic N) is 6. The van der Waals surface area contributed by atoms with Gasteiger partial charge in [-0.15, -0.1) is 0 Å². The second-order valence-electron chi connectivity index (χ2n) is 8.18. The van der Waals surface area contributed by atoms with E-state index in [2.05, 4.69) is 35.5 Å². The molecule has 2 aliphatic heterocycles. The van der Waals surface area contributed by atoms with Gasteiger partial charge in [-0.2, -0.15) is 4.98 Å². The first-order valence-corrected chi connectivity index (χ1v) is 10.6. The summed E-state index contributed by atoms with van der Waals surface area (Å²) < 4.78 is 7.56. The summed E-state index contributed by atoms with van der Waals surface area (Å²) in [5, 5.41) is 6.27. The molecule has 10 nitrogen and oxygen atoms in total. The third kappa shape index (κ3) is 3.67. The molecule has 2 atom stereocenters. The van der Waals surface area contributed by atoms with E-state index in [0.717, 1.165) is 43.2 Å². The van der Waals surface area contributed by atoms with E-state index in [1.807, 2.05) is 31.4 Å². The number of ether oxygens (including phenoxy) is 1. The van der Waals surface area contributed by atoms with Gasteiger partial charge in [-0.25, -0.2) is 15.0 Å². The Balaban J connectivity index is 1.39. The van der Waals surface area contributed by atoms with Crippen LogP contribution in [0.15, 0.2) is 18.6 Å². The van der Waals surface area contributed by atoms with Gasteiger partial charge in [0.15, 0.2) is 5.65 Å². The van der Waals surface area contributed by atoms with Gasteiger partial charge < -0.3 is 24.7 Å². The number of fused-ring (bicyclic) bond motifs is 2. The van der Waals surface area contributed by atoms with E-state index in [0.29, 0.717) is 30.2 Å². The Morgan fingerprint density at radius 3 is 2.71 bits per heavy atom. The van der Waals surface area contributed by atoms with E-state index in [-0.39, 0.29) is 17.4 Å². The Labute approximate surface area is 180 Å². The highest BCUT2D eigenvalue weighted by Gasteiger charge is 2.37. The zero-order valence-electron chi connectivity index (χ0n) is 17.9. The van der Waals surface area contributed by atoms with Crippen LogP contribution in [0.4, 0.5) is 11.8 Å². The molecule has 0 bridgehead atoms. The molecule has 2 aliphatic rings. The molecule has 5 rings (SSSR count). The number of hydrogen-bond acceptors (Lipinski definition) is 8. The monoisotopic (exact) mass is 422 g/mol. The number of amides is 1. The molecule has 0 spiro atoms. The summed E-state index contributed by atoms with van der Waals surface area (Å²) in [6, 6.07) is 0. The van der Waals surface area contributed by atoms with Gasteiger partial charge in [-0.1, -0.05) is 0 Å². The molecule has 0 aliphatic carbocycles. The van der Waals surface area contributed by atoms with Crippen LogP contribution in [-0.2, 0) is 0 Å². The van der Waals surface area contributed by atoms with E-state index in [4.69, 9.17) is 4.74 Å². The molecule has 2 fully saturated rings. The number of aryl methyl sites for hydroxylation is 2. The Bertz CT molecular complexity index is 1130. The van der Waals surface area contributed by atoms with Crippen LogP contribution in [0, 0.1) is 25.7 Å². The van der Waals surface area contributed by atoms with Crippen LogP contribution < -0.4 is 20.3 Å². The number of rotatable bonds is 5. The van der Waals surface area contributed by atoms with Gasteiger partial charge in [-0.3, -0.25) is 4.79 Å². The average molecular weight is 422 g/mol. The van der Waals surface area contributed by atoms with Crippen molar-refractivity contribution in [3.63, 3.8) is 0 Å². The van der Waals surface area contributed by atoms with E-state index in [1.165, 1.54) is 0 Å². The highest BCUT2D eigenvalue weighted by molar-refractivity contribution is 6.05. The van der Waals surface area contributed by atoms with E-state index in [9.17, 15) is 4.79 Å². The maximum absolute atomic E-state index is 13.0. The Morgan fingerprint density at radius 1 is 1.19 bits per heavy atom. The van der Waals surface area contributed by atoms with Crippen molar-refractivity contribution in [2.75, 3.05) is 43.0 Å². The van der Waals surface area contributed by atoms with Gasteiger partial charge in [-0.05, 0) is 32.6 Å². The van der Waals surface area contributed by atoms with Crippen LogP contribution >= 0.6 is 0 Å². The first-order chi connectivity index (χ1) is 15.0. The Hall–Kier alpha value is -3.27. The number of anilines is 2. The molecule has 5 heterocycles. The topological polar surface area (TPSA) is 110 Å². The maximum atomic E-state index is 13.0. The molecule has 2 unspecified atom stereocenters. The van der Waals surface area contributed by atoms with Gasteiger partial charge in [0.2, 0.25) is 11.8 Å². The summed E-state index contributed by atoms with van der Waals surface area (Å²) >= 11 is 0. The minimum atomic E-state index is -0.361. The summed E-state index contributed by atoms with van der Waals surface area (Å²) in [5.74, 6) is 2.21. The van der Waals surface area contributed by atoms with E-state index >= 15 is 0 Å². The summed E-state index contributed by atoms with van der Waals surface area (Å²) in [4.78, 5) is 33.1. The molecule has 31 heavy (non-hydrogen) atoms. The number of hydrogen-bond donors (Lipinski definition) is 2. The molecule has 3 aromatic heterocycles. The molecule has 2 saturated heterocycles. The van der Waals surface area contributed by atoms with Crippen LogP contribution in [0.3, 0.4) is 0 Å². The minimum absolute atomic E-state index is 0.285. The summed E-state index contributed by atoms with van der Waals surface area (Å²) in [6.45, 7) is 9.97. The summed E-state index contributed by atoms with van der Waals surface area (Å²) in [6.07, 6.45) is 5.18. The molecule has 162 valence electrons. The molecule has 0 aromatic carbocycles. The average Bonchev–Trinajstić information content (AvgIpc) is 3.42. The number of aromatic nitrogens is 5. The molecule has 0 saturated carbocycles. The molecule has 0 radical (unpaired) electrons. The van der Waals surface area contributed by atoms with E-state index < -0.39 is 0 Å². The number of nitrogens with one attached hydrogen (secondary N) is 2. The highest BCUT2D eigenvalue weighted by atomic mass is 16.5. The van der Waals surface area contributed by atoms with Gasteiger partial charge in [0.25, 0.3) is 5.91 Å². The standard InChI is InChI=1S/C21H26N8O2/c1-4-31-20-16(7-23-21(27-20)29-9-14-5-22-6-15(14)10-29)19(30)26-17-11-28-8-12(2)24-18(28)13(3)25-17/h7-8,11,14-15,22H,4-6,9-10H2,1-3H3,(H,26,30). The van der Waals surface area contributed by atoms with Crippen LogP contribution in [0.1, 0.15) is 28.7 Å². The fourth-order valence-electron chi connectivity index (χ4n) is 4.45. The van der Waals surface area contributed by atoms with Crippen molar-refractivity contribution in [3.05, 3.63) is 35.5 Å². The minimum Gasteiger partial charge on any atom is -0.477 e. The van der Waals surface area contributed by atoms with Gasteiger partial charge >= 0.3 is 0 Å². The van der Waals surface area contributed by atoms with Crippen molar-refractivity contribution in [2.24, 2.45) is 11.8 Å². The fraction of sp³-hybridized carbons (Fsp3) is 0.476. The summed E-state index contributed by atoms with van der Waals surface area (Å²) in [5.41, 5.74) is 2.67. The van der Waals surface area contributed by atoms with Crippen LogP contribution in [0.5, 0.6) is 5.88 Å². The van der Waals surface area contributed by atoms with Crippen molar-refractivity contribution in [1.29, 1.82) is 0 Å². The van der Waals surface area contributed by atoms with Crippen LogP contribution in [0.25, 0.3) is 5.65 Å². The van der Waals surface area contributed by atoms with Crippen LogP contribution in [-0.4, -0.2) is 63.0 Å². The molecular formula is C21H26N8O2. The number of imidazole rings is 1. The number of carbonyl (C=O) groups is 1. The Morgan fingerprint density at radius 2 is 1.97 bits per heavy atom. The van der Waals surface area contributed by atoms with E-state index in [1.54, 1.807) is 12.4 Å². The van der Waals surface area contributed by atoms with Gasteiger partial charge in [0.05, 0.1) is 24.2 Å². The predicted octanol–water partition coefficient (Wildman–Crippen LogP) is 1.44. The Kier molecular flexibility index (Phi) is 4.93. The largest absolute Gasteiger partial charge is 0.477 e. The lowest BCUT2D eigenvalue weighted by atomic mass is 10.0. The molecule has 3 aromatic rings. The number of carbonyl (C=O) groups excluding carboxylic acids is 1. The lowest BCUT2D eigenvalue weighted by molar-refractivity contribution is 0.102. The second-order valence-corrected chi connectivity index (χ2v) is 8.18. The van der Waals surface area contributed by atoms with Gasteiger partial charge in [0, 0.05) is 38.6 Å². The molecule has 10 heteroatoms. The fourth-order valence-corrected chi connectivity index (χ4v) is 4.45. The SMILES string of the molecule is CCOc1nc(N2CC3CNCC3C2)ncc1C(=O)Nc1cn2cc(C)nc2c(C)n1. The first-order valence-electron chi connectivity index (χ1n) is 10.6.